The van der Waals surface area contributed by atoms with Crippen molar-refractivity contribution in [3.63, 3.8) is 0 Å². The van der Waals surface area contributed by atoms with Crippen molar-refractivity contribution in [2.75, 3.05) is 47.6 Å². The second-order valence-electron chi connectivity index (χ2n) is 11.5. The molecule has 1 heterocycles. The summed E-state index contributed by atoms with van der Waals surface area (Å²) in [6, 6.07) is 26.2. The predicted molar refractivity (Wildman–Crippen MR) is 175 cm³/mol. The number of likely N-dealkylation sites (tertiary alicyclic amines) is 1. The molecule has 44 heavy (non-hydrogen) atoms. The van der Waals surface area contributed by atoms with Gasteiger partial charge in [0.15, 0.2) is 0 Å². The summed E-state index contributed by atoms with van der Waals surface area (Å²) in [5.74, 6) is 1.64. The molecule has 0 aromatic heterocycles. The van der Waals surface area contributed by atoms with E-state index >= 15 is 0 Å². The lowest BCUT2D eigenvalue weighted by molar-refractivity contribution is -0.125. The zero-order valence-corrected chi connectivity index (χ0v) is 26.9. The zero-order valence-electron chi connectivity index (χ0n) is 26.9. The highest BCUT2D eigenvalue weighted by molar-refractivity contribution is 5.82. The summed E-state index contributed by atoms with van der Waals surface area (Å²) in [7, 11) is 5.07. The van der Waals surface area contributed by atoms with Crippen LogP contribution in [0.2, 0.25) is 0 Å². The van der Waals surface area contributed by atoms with Gasteiger partial charge < -0.3 is 24.3 Å². The van der Waals surface area contributed by atoms with E-state index in [1.807, 2.05) is 42.5 Å². The third kappa shape index (κ3) is 8.40. The normalized spacial score (nSPS) is 17.0. The van der Waals surface area contributed by atoms with Crippen molar-refractivity contribution in [1.82, 2.24) is 10.2 Å². The van der Waals surface area contributed by atoms with Gasteiger partial charge in [-0.1, -0.05) is 93.6 Å². The Morgan fingerprint density at radius 2 is 1.36 bits per heavy atom. The van der Waals surface area contributed by atoms with Crippen molar-refractivity contribution in [1.29, 1.82) is 0 Å². The molecule has 1 N–H and O–H groups in total. The summed E-state index contributed by atoms with van der Waals surface area (Å²) in [5, 5.41) is 3.20. The number of methoxy groups -OCH3 is 3. The quantitative estimate of drug-likeness (QED) is 0.131. The van der Waals surface area contributed by atoms with Gasteiger partial charge in [0, 0.05) is 26.7 Å². The van der Waals surface area contributed by atoms with Crippen LogP contribution in [0.25, 0.3) is 0 Å². The van der Waals surface area contributed by atoms with Gasteiger partial charge in [-0.05, 0) is 53.8 Å². The molecule has 3 aromatic rings. The first-order chi connectivity index (χ1) is 21.5. The number of unbranched alkanes of at least 4 members (excludes halogenated alkanes) is 5. The van der Waals surface area contributed by atoms with Crippen LogP contribution in [0, 0.1) is 0 Å². The van der Waals surface area contributed by atoms with Crippen molar-refractivity contribution >= 4 is 5.91 Å². The molecule has 0 unspecified atom stereocenters. The minimum absolute atomic E-state index is 0.0156. The standard InChI is InChI=1S/C37H50N2O5/c1-5-6-7-8-9-13-24-38-36(40)35-27-34(43-4)28-39(35)25-26-44-37(29-14-11-10-12-15-29,30-16-20-32(41-2)21-17-30)31-18-22-33(42-3)23-19-31/h10-12,14-23,34-35H,5-9,13,24-28H2,1-4H3,(H,38,40)/t34-,35+/m1/s1. The van der Waals surface area contributed by atoms with E-state index in [0.717, 1.165) is 47.6 Å². The lowest BCUT2D eigenvalue weighted by Crippen LogP contribution is -2.45. The average Bonchev–Trinajstić information content (AvgIpc) is 3.50. The van der Waals surface area contributed by atoms with Crippen LogP contribution in [-0.4, -0.2) is 70.5 Å². The summed E-state index contributed by atoms with van der Waals surface area (Å²) >= 11 is 0. The number of amides is 1. The maximum absolute atomic E-state index is 13.3. The van der Waals surface area contributed by atoms with Crippen molar-refractivity contribution in [3.05, 3.63) is 95.6 Å². The van der Waals surface area contributed by atoms with Gasteiger partial charge in [-0.2, -0.15) is 0 Å². The molecule has 1 saturated heterocycles. The first kappa shape index (κ1) is 33.5. The molecular weight excluding hydrogens is 552 g/mol. The van der Waals surface area contributed by atoms with Gasteiger partial charge in [0.25, 0.3) is 0 Å². The van der Waals surface area contributed by atoms with E-state index in [4.69, 9.17) is 18.9 Å². The minimum atomic E-state index is -0.893. The molecule has 0 aliphatic carbocycles. The molecule has 0 spiro atoms. The van der Waals surface area contributed by atoms with Crippen LogP contribution in [0.3, 0.4) is 0 Å². The fourth-order valence-corrected chi connectivity index (χ4v) is 6.18. The smallest absolute Gasteiger partial charge is 0.237 e. The number of carbonyl (C=O) groups excluding carboxylic acids is 1. The van der Waals surface area contributed by atoms with Gasteiger partial charge >= 0.3 is 0 Å². The molecule has 1 aliphatic heterocycles. The SMILES string of the molecule is CCCCCCCCNC(=O)[C@@H]1C[C@@H](OC)CN1CCOC(c1ccccc1)(c1ccc(OC)cc1)c1ccc(OC)cc1. The summed E-state index contributed by atoms with van der Waals surface area (Å²) in [6.07, 6.45) is 7.89. The maximum Gasteiger partial charge on any atom is 0.237 e. The Kier molecular flexibility index (Phi) is 13.1. The maximum atomic E-state index is 13.3. The molecule has 1 amide bonds. The minimum Gasteiger partial charge on any atom is -0.497 e. The third-order valence-corrected chi connectivity index (χ3v) is 8.70. The van der Waals surface area contributed by atoms with Gasteiger partial charge in [0.1, 0.15) is 17.1 Å². The molecule has 1 fully saturated rings. The average molecular weight is 603 g/mol. The Morgan fingerprint density at radius 3 is 1.93 bits per heavy atom. The molecule has 3 aromatic carbocycles. The Hall–Kier alpha value is -3.39. The molecule has 238 valence electrons. The second-order valence-corrected chi connectivity index (χ2v) is 11.5. The Labute approximate surface area is 263 Å². The summed E-state index contributed by atoms with van der Waals surface area (Å²) in [6.45, 7) is 4.64. The van der Waals surface area contributed by atoms with Crippen molar-refractivity contribution in [2.45, 2.75) is 69.6 Å². The molecule has 0 radical (unpaired) electrons. The fourth-order valence-electron chi connectivity index (χ4n) is 6.18. The van der Waals surface area contributed by atoms with E-state index in [1.54, 1.807) is 21.3 Å². The van der Waals surface area contributed by atoms with Gasteiger partial charge in [-0.15, -0.1) is 0 Å². The Balaban J connectivity index is 1.54. The van der Waals surface area contributed by atoms with Gasteiger partial charge in [-0.3, -0.25) is 9.69 Å². The molecule has 4 rings (SSSR count). The van der Waals surface area contributed by atoms with E-state index in [2.05, 4.69) is 53.5 Å². The van der Waals surface area contributed by atoms with E-state index in [1.165, 1.54) is 25.7 Å². The number of nitrogens with zero attached hydrogens (tertiary/aromatic N) is 1. The number of rotatable bonds is 18. The highest BCUT2D eigenvalue weighted by Gasteiger charge is 2.40. The van der Waals surface area contributed by atoms with Crippen molar-refractivity contribution < 1.29 is 23.7 Å². The second kappa shape index (κ2) is 17.2. The van der Waals surface area contributed by atoms with E-state index < -0.39 is 5.60 Å². The summed E-state index contributed by atoms with van der Waals surface area (Å²) in [4.78, 5) is 15.5. The predicted octanol–water partition coefficient (Wildman–Crippen LogP) is 6.58. The van der Waals surface area contributed by atoms with E-state index in [0.29, 0.717) is 26.1 Å². The van der Waals surface area contributed by atoms with Crippen LogP contribution in [0.4, 0.5) is 0 Å². The number of benzene rings is 3. The summed E-state index contributed by atoms with van der Waals surface area (Å²) in [5.41, 5.74) is 2.09. The van der Waals surface area contributed by atoms with Crippen LogP contribution in [0.5, 0.6) is 11.5 Å². The summed E-state index contributed by atoms with van der Waals surface area (Å²) < 4.78 is 23.7. The monoisotopic (exact) mass is 602 g/mol. The molecule has 0 saturated carbocycles. The Bertz CT molecular complexity index is 1200. The molecular formula is C37H50N2O5. The van der Waals surface area contributed by atoms with Crippen molar-refractivity contribution in [2.24, 2.45) is 0 Å². The molecule has 7 heteroatoms. The van der Waals surface area contributed by atoms with Crippen LogP contribution in [0.15, 0.2) is 78.9 Å². The largest absolute Gasteiger partial charge is 0.497 e. The molecule has 1 aliphatic rings. The van der Waals surface area contributed by atoms with Crippen LogP contribution < -0.4 is 14.8 Å². The van der Waals surface area contributed by atoms with Crippen LogP contribution >= 0.6 is 0 Å². The number of hydrogen-bond acceptors (Lipinski definition) is 6. The topological polar surface area (TPSA) is 69.3 Å². The highest BCUT2D eigenvalue weighted by Crippen LogP contribution is 2.41. The van der Waals surface area contributed by atoms with Crippen molar-refractivity contribution in [3.8, 4) is 11.5 Å². The number of ether oxygens (including phenoxy) is 4. The molecule has 0 bridgehead atoms. The third-order valence-electron chi connectivity index (χ3n) is 8.70. The van der Waals surface area contributed by atoms with E-state index in [9.17, 15) is 4.79 Å². The fraction of sp³-hybridized carbons (Fsp3) is 0.486. The first-order valence-electron chi connectivity index (χ1n) is 16.1. The van der Waals surface area contributed by atoms with Gasteiger partial charge in [0.05, 0.1) is 33.0 Å². The lowest BCUT2D eigenvalue weighted by atomic mass is 9.80. The number of carbonyl (C=O) groups is 1. The zero-order chi connectivity index (χ0) is 31.2. The van der Waals surface area contributed by atoms with Gasteiger partial charge in [0.2, 0.25) is 5.91 Å². The van der Waals surface area contributed by atoms with E-state index in [-0.39, 0.29) is 18.1 Å². The van der Waals surface area contributed by atoms with Crippen LogP contribution in [-0.2, 0) is 19.9 Å². The lowest BCUT2D eigenvalue weighted by Gasteiger charge is -2.37. The van der Waals surface area contributed by atoms with Crippen LogP contribution in [0.1, 0.15) is 68.6 Å². The highest BCUT2D eigenvalue weighted by atomic mass is 16.5. The first-order valence-corrected chi connectivity index (χ1v) is 16.1. The molecule has 2 atom stereocenters. The number of nitrogens with one attached hydrogen (secondary N) is 1. The Morgan fingerprint density at radius 1 is 0.795 bits per heavy atom. The molecule has 7 nitrogen and oxygen atoms in total. The number of hydrogen-bond donors (Lipinski definition) is 1. The van der Waals surface area contributed by atoms with Gasteiger partial charge in [-0.25, -0.2) is 0 Å².